The molecule has 0 spiro atoms. The number of nitrogens with one attached hydrogen (secondary N) is 1. The third-order valence-corrected chi connectivity index (χ3v) is 3.73. The average molecular weight is 299 g/mol. The van der Waals surface area contributed by atoms with Crippen LogP contribution >= 0.6 is 0 Å². The lowest BCUT2D eigenvalue weighted by Crippen LogP contribution is -2.21. The van der Waals surface area contributed by atoms with E-state index in [-0.39, 0.29) is 17.6 Å². The number of nitrogens with two attached hydrogens (primary N) is 2. The smallest absolute Gasteiger partial charge is 0.224 e. The number of hydrogen-bond donors (Lipinski definition) is 3. The minimum absolute atomic E-state index is 0.0958. The van der Waals surface area contributed by atoms with E-state index in [2.05, 4.69) is 5.32 Å². The molecule has 6 nitrogen and oxygen atoms in total. The first-order valence-electron chi connectivity index (χ1n) is 6.43. The van der Waals surface area contributed by atoms with E-state index in [0.717, 1.165) is 6.42 Å². The van der Waals surface area contributed by atoms with Crippen LogP contribution in [0.3, 0.4) is 0 Å². The number of primary sulfonamides is 1. The van der Waals surface area contributed by atoms with Gasteiger partial charge in [0.1, 0.15) is 0 Å². The van der Waals surface area contributed by atoms with E-state index in [4.69, 9.17) is 10.9 Å². The van der Waals surface area contributed by atoms with E-state index in [9.17, 15) is 13.2 Å². The van der Waals surface area contributed by atoms with Gasteiger partial charge in [0, 0.05) is 12.1 Å². The van der Waals surface area contributed by atoms with Crippen molar-refractivity contribution in [1.82, 2.24) is 0 Å². The molecular formula is C13H21N3O3S. The van der Waals surface area contributed by atoms with Gasteiger partial charge in [0.05, 0.1) is 5.75 Å². The monoisotopic (exact) mass is 299 g/mol. The van der Waals surface area contributed by atoms with Crippen LogP contribution in [-0.2, 0) is 20.6 Å². The van der Waals surface area contributed by atoms with Crippen LogP contribution in [-0.4, -0.2) is 20.9 Å². The third-order valence-electron chi connectivity index (χ3n) is 2.99. The van der Waals surface area contributed by atoms with Gasteiger partial charge in [-0.05, 0) is 30.2 Å². The van der Waals surface area contributed by atoms with E-state index in [1.807, 2.05) is 6.92 Å². The number of hydrogen-bond acceptors (Lipinski definition) is 4. The molecule has 0 aliphatic carbocycles. The van der Waals surface area contributed by atoms with Gasteiger partial charge in [-0.25, -0.2) is 13.6 Å². The van der Waals surface area contributed by atoms with Gasteiger partial charge in [0.15, 0.2) is 0 Å². The zero-order valence-electron chi connectivity index (χ0n) is 11.5. The third kappa shape index (κ3) is 6.14. The molecule has 1 unspecified atom stereocenters. The molecule has 1 aromatic carbocycles. The highest BCUT2D eigenvalue weighted by molar-refractivity contribution is 7.88. The van der Waals surface area contributed by atoms with Gasteiger partial charge in [-0.3, -0.25) is 4.79 Å². The van der Waals surface area contributed by atoms with E-state index in [1.54, 1.807) is 24.3 Å². The van der Waals surface area contributed by atoms with Crippen molar-refractivity contribution in [3.05, 3.63) is 29.8 Å². The van der Waals surface area contributed by atoms with E-state index in [1.165, 1.54) is 0 Å². The van der Waals surface area contributed by atoms with Gasteiger partial charge >= 0.3 is 0 Å². The molecule has 0 heterocycles. The highest BCUT2D eigenvalue weighted by Gasteiger charge is 2.11. The fourth-order valence-corrected chi connectivity index (χ4v) is 2.44. The Bertz CT molecular complexity index is 536. The van der Waals surface area contributed by atoms with Gasteiger partial charge in [0.25, 0.3) is 0 Å². The molecule has 1 atom stereocenters. The lowest BCUT2D eigenvalue weighted by molar-refractivity contribution is -0.117. The van der Waals surface area contributed by atoms with Crippen LogP contribution in [0.4, 0.5) is 5.69 Å². The normalized spacial score (nSPS) is 12.9. The number of sulfonamides is 1. The zero-order valence-corrected chi connectivity index (χ0v) is 12.3. The Balaban J connectivity index is 2.59. The summed E-state index contributed by atoms with van der Waals surface area (Å²) in [4.78, 5) is 11.8. The topological polar surface area (TPSA) is 115 Å². The Morgan fingerprint density at radius 1 is 1.30 bits per heavy atom. The van der Waals surface area contributed by atoms with Crippen LogP contribution in [0, 0.1) is 5.92 Å². The van der Waals surface area contributed by atoms with Crippen molar-refractivity contribution in [3.8, 4) is 0 Å². The molecule has 112 valence electrons. The SMILES string of the molecule is CCC(CN)CC(=O)Nc1ccc(CS(N)(=O)=O)cc1. The fourth-order valence-electron chi connectivity index (χ4n) is 1.79. The van der Waals surface area contributed by atoms with Crippen LogP contribution in [0.2, 0.25) is 0 Å². The molecule has 0 saturated carbocycles. The summed E-state index contributed by atoms with van der Waals surface area (Å²) in [7, 11) is -3.54. The first kappa shape index (κ1) is 16.6. The number of anilines is 1. The number of carbonyl (C=O) groups excluding carboxylic acids is 1. The largest absolute Gasteiger partial charge is 0.330 e. The van der Waals surface area contributed by atoms with Crippen LogP contribution in [0.25, 0.3) is 0 Å². The highest BCUT2D eigenvalue weighted by Crippen LogP contribution is 2.13. The quantitative estimate of drug-likeness (QED) is 0.690. The zero-order chi connectivity index (χ0) is 15.2. The van der Waals surface area contributed by atoms with Crippen LogP contribution in [0.15, 0.2) is 24.3 Å². The summed E-state index contributed by atoms with van der Waals surface area (Å²) in [6, 6.07) is 6.56. The number of amides is 1. The van der Waals surface area contributed by atoms with Crippen molar-refractivity contribution < 1.29 is 13.2 Å². The maximum absolute atomic E-state index is 11.8. The van der Waals surface area contributed by atoms with Crippen LogP contribution in [0.5, 0.6) is 0 Å². The highest BCUT2D eigenvalue weighted by atomic mass is 32.2. The Morgan fingerprint density at radius 3 is 2.35 bits per heavy atom. The van der Waals surface area contributed by atoms with Gasteiger partial charge in [-0.1, -0.05) is 25.5 Å². The van der Waals surface area contributed by atoms with E-state index < -0.39 is 10.0 Å². The lowest BCUT2D eigenvalue weighted by Gasteiger charge is -2.12. The van der Waals surface area contributed by atoms with Gasteiger partial charge < -0.3 is 11.1 Å². The van der Waals surface area contributed by atoms with Crippen LogP contribution in [0.1, 0.15) is 25.3 Å². The van der Waals surface area contributed by atoms with Crippen molar-refractivity contribution in [2.45, 2.75) is 25.5 Å². The summed E-state index contributed by atoms with van der Waals surface area (Å²) in [6.07, 6.45) is 1.24. The molecule has 1 aromatic rings. The second-order valence-corrected chi connectivity index (χ2v) is 6.38. The molecule has 0 aliphatic rings. The maximum Gasteiger partial charge on any atom is 0.224 e. The van der Waals surface area contributed by atoms with Crippen molar-refractivity contribution in [2.75, 3.05) is 11.9 Å². The summed E-state index contributed by atoms with van der Waals surface area (Å²) in [5.41, 5.74) is 6.76. The van der Waals surface area contributed by atoms with Gasteiger partial charge in [-0.2, -0.15) is 0 Å². The molecule has 5 N–H and O–H groups in total. The number of rotatable bonds is 7. The van der Waals surface area contributed by atoms with E-state index in [0.29, 0.717) is 24.2 Å². The second kappa shape index (κ2) is 7.37. The van der Waals surface area contributed by atoms with Crippen molar-refractivity contribution in [2.24, 2.45) is 16.8 Å². The summed E-state index contributed by atoms with van der Waals surface area (Å²) in [5.74, 6) is -0.134. The molecular weight excluding hydrogens is 278 g/mol. The Kier molecular flexibility index (Phi) is 6.12. The van der Waals surface area contributed by atoms with Gasteiger partial charge in [0.2, 0.25) is 15.9 Å². The summed E-state index contributed by atoms with van der Waals surface area (Å²) < 4.78 is 21.9. The van der Waals surface area contributed by atoms with Crippen molar-refractivity contribution >= 4 is 21.6 Å². The minimum atomic E-state index is -3.54. The number of carbonyl (C=O) groups is 1. The van der Waals surface area contributed by atoms with Crippen LogP contribution < -0.4 is 16.2 Å². The van der Waals surface area contributed by atoms with Crippen molar-refractivity contribution in [1.29, 1.82) is 0 Å². The fraction of sp³-hybridized carbons (Fsp3) is 0.462. The standard InChI is InChI=1S/C13H21N3O3S/c1-2-10(8-14)7-13(17)16-12-5-3-11(4-6-12)9-20(15,18)19/h3-6,10H,2,7-9,14H2,1H3,(H,16,17)(H2,15,18,19). The van der Waals surface area contributed by atoms with E-state index >= 15 is 0 Å². The first-order valence-corrected chi connectivity index (χ1v) is 8.15. The van der Waals surface area contributed by atoms with Crippen molar-refractivity contribution in [3.63, 3.8) is 0 Å². The molecule has 0 aliphatic heterocycles. The summed E-state index contributed by atoms with van der Waals surface area (Å²) >= 11 is 0. The molecule has 0 aromatic heterocycles. The second-order valence-electron chi connectivity index (χ2n) is 4.77. The molecule has 1 amide bonds. The Morgan fingerprint density at radius 2 is 1.90 bits per heavy atom. The maximum atomic E-state index is 11.8. The predicted octanol–water partition coefficient (Wildman–Crippen LogP) is 0.789. The number of benzene rings is 1. The van der Waals surface area contributed by atoms with Gasteiger partial charge in [-0.15, -0.1) is 0 Å². The Hall–Kier alpha value is -1.44. The molecule has 7 heteroatoms. The predicted molar refractivity (Wildman–Crippen MR) is 79.3 cm³/mol. The average Bonchev–Trinajstić information content (AvgIpc) is 2.36. The molecule has 0 saturated heterocycles. The molecule has 20 heavy (non-hydrogen) atoms. The molecule has 0 fully saturated rings. The Labute approximate surface area is 119 Å². The summed E-state index contributed by atoms with van der Waals surface area (Å²) in [6.45, 7) is 2.48. The summed E-state index contributed by atoms with van der Waals surface area (Å²) in [5, 5.41) is 7.72. The first-order chi connectivity index (χ1) is 9.34. The minimum Gasteiger partial charge on any atom is -0.330 e. The molecule has 0 radical (unpaired) electrons. The molecule has 0 bridgehead atoms. The lowest BCUT2D eigenvalue weighted by atomic mass is 10.0. The molecule has 1 rings (SSSR count).